The molecule has 1 rings (SSSR count). The summed E-state index contributed by atoms with van der Waals surface area (Å²) in [5.41, 5.74) is 2.05. The lowest BCUT2D eigenvalue weighted by Crippen LogP contribution is -2.01. The van der Waals surface area contributed by atoms with Gasteiger partial charge in [-0.2, -0.15) is 0 Å². The van der Waals surface area contributed by atoms with Gasteiger partial charge in [-0.3, -0.25) is 0 Å². The molecule has 0 unspecified atom stereocenters. The predicted octanol–water partition coefficient (Wildman–Crippen LogP) is 3.06. The van der Waals surface area contributed by atoms with Crippen molar-refractivity contribution in [2.45, 2.75) is 12.8 Å². The first-order valence-electron chi connectivity index (χ1n) is 4.60. The highest BCUT2D eigenvalue weighted by atomic mass is 35.5. The van der Waals surface area contributed by atoms with Crippen molar-refractivity contribution in [1.82, 2.24) is 0 Å². The van der Waals surface area contributed by atoms with E-state index in [1.54, 1.807) is 7.11 Å². The maximum Gasteiger partial charge on any atom is 0.106 e. The van der Waals surface area contributed by atoms with Crippen molar-refractivity contribution in [3.05, 3.63) is 35.9 Å². The van der Waals surface area contributed by atoms with Crippen LogP contribution in [0.2, 0.25) is 0 Å². The molecule has 0 bridgehead atoms. The van der Waals surface area contributed by atoms with Gasteiger partial charge in [0.25, 0.3) is 0 Å². The molecule has 2 nitrogen and oxygen atoms in total. The summed E-state index contributed by atoms with van der Waals surface area (Å²) in [6.07, 6.45) is 1.76. The maximum atomic E-state index is 5.64. The van der Waals surface area contributed by atoms with Crippen LogP contribution in [-0.4, -0.2) is 18.7 Å². The van der Waals surface area contributed by atoms with Gasteiger partial charge in [-0.15, -0.1) is 11.6 Å². The molecular weight excluding hydrogens is 198 g/mol. The number of alkyl halides is 1. The molecule has 14 heavy (non-hydrogen) atoms. The van der Waals surface area contributed by atoms with Gasteiger partial charge in [-0.1, -0.05) is 35.5 Å². The number of nitrogens with zero attached hydrogens (tertiary/aromatic N) is 1. The summed E-state index contributed by atoms with van der Waals surface area (Å²) in [7, 11) is 1.56. The molecule has 1 aromatic carbocycles. The Balaban J connectivity index is 2.73. The Morgan fingerprint density at radius 1 is 1.36 bits per heavy atom. The van der Waals surface area contributed by atoms with Gasteiger partial charge in [0, 0.05) is 5.88 Å². The molecule has 0 aliphatic rings. The zero-order valence-electron chi connectivity index (χ0n) is 8.24. The van der Waals surface area contributed by atoms with E-state index < -0.39 is 0 Å². The van der Waals surface area contributed by atoms with Crippen LogP contribution in [0.1, 0.15) is 18.4 Å². The molecule has 0 spiro atoms. The smallest absolute Gasteiger partial charge is 0.106 e. The van der Waals surface area contributed by atoms with Crippen LogP contribution in [0.5, 0.6) is 0 Å². The molecule has 0 aliphatic heterocycles. The second-order valence-corrected chi connectivity index (χ2v) is 3.26. The van der Waals surface area contributed by atoms with E-state index in [-0.39, 0.29) is 0 Å². The minimum atomic E-state index is 0.648. The second kappa shape index (κ2) is 6.44. The predicted molar refractivity (Wildman–Crippen MR) is 59.9 cm³/mol. The van der Waals surface area contributed by atoms with Gasteiger partial charge in [0.2, 0.25) is 0 Å². The van der Waals surface area contributed by atoms with Crippen molar-refractivity contribution in [3.8, 4) is 0 Å². The molecule has 1 aromatic rings. The summed E-state index contributed by atoms with van der Waals surface area (Å²) < 4.78 is 0. The number of oxime groups is 1. The normalized spacial score (nSPS) is 11.4. The fourth-order valence-electron chi connectivity index (χ4n) is 1.22. The molecule has 0 saturated carbocycles. The van der Waals surface area contributed by atoms with E-state index in [1.807, 2.05) is 30.3 Å². The third kappa shape index (κ3) is 3.38. The van der Waals surface area contributed by atoms with Gasteiger partial charge in [-0.25, -0.2) is 0 Å². The Labute approximate surface area is 89.5 Å². The van der Waals surface area contributed by atoms with Gasteiger partial charge < -0.3 is 4.84 Å². The van der Waals surface area contributed by atoms with E-state index >= 15 is 0 Å². The fourth-order valence-corrected chi connectivity index (χ4v) is 1.35. The van der Waals surface area contributed by atoms with Crippen LogP contribution in [-0.2, 0) is 4.84 Å². The quantitative estimate of drug-likeness (QED) is 0.417. The van der Waals surface area contributed by atoms with Crippen LogP contribution in [0.3, 0.4) is 0 Å². The number of benzene rings is 1. The van der Waals surface area contributed by atoms with Crippen LogP contribution >= 0.6 is 11.6 Å². The van der Waals surface area contributed by atoms with E-state index in [0.29, 0.717) is 5.88 Å². The van der Waals surface area contributed by atoms with Crippen molar-refractivity contribution in [3.63, 3.8) is 0 Å². The lowest BCUT2D eigenvalue weighted by molar-refractivity contribution is 0.213. The highest BCUT2D eigenvalue weighted by Crippen LogP contribution is 2.07. The lowest BCUT2D eigenvalue weighted by Gasteiger charge is -2.03. The minimum absolute atomic E-state index is 0.648. The number of hydrogen-bond donors (Lipinski definition) is 0. The zero-order chi connectivity index (χ0) is 10.2. The molecule has 0 aliphatic carbocycles. The first-order valence-corrected chi connectivity index (χ1v) is 5.13. The third-order valence-electron chi connectivity index (χ3n) is 1.86. The molecule has 0 aromatic heterocycles. The Kier molecular flexibility index (Phi) is 5.08. The van der Waals surface area contributed by atoms with Gasteiger partial charge in [0.05, 0.1) is 5.71 Å². The molecule has 3 heteroatoms. The first-order chi connectivity index (χ1) is 6.88. The minimum Gasteiger partial charge on any atom is -0.399 e. The maximum absolute atomic E-state index is 5.64. The average molecular weight is 212 g/mol. The molecule has 0 atom stereocenters. The summed E-state index contributed by atoms with van der Waals surface area (Å²) in [6, 6.07) is 10.00. The van der Waals surface area contributed by atoms with E-state index in [0.717, 1.165) is 24.1 Å². The summed E-state index contributed by atoms with van der Waals surface area (Å²) >= 11 is 5.64. The molecule has 0 radical (unpaired) electrons. The van der Waals surface area contributed by atoms with Gasteiger partial charge in [0.1, 0.15) is 7.11 Å². The van der Waals surface area contributed by atoms with Crippen LogP contribution in [0.4, 0.5) is 0 Å². The van der Waals surface area contributed by atoms with Gasteiger partial charge >= 0.3 is 0 Å². The summed E-state index contributed by atoms with van der Waals surface area (Å²) in [4.78, 5) is 4.80. The second-order valence-electron chi connectivity index (χ2n) is 2.88. The zero-order valence-corrected chi connectivity index (χ0v) is 9.00. The standard InChI is InChI=1S/C11H14ClNO/c1-14-13-11(8-5-9-12)10-6-3-2-4-7-10/h2-4,6-7H,5,8-9H2,1H3. The number of halogens is 1. The molecule has 0 heterocycles. The topological polar surface area (TPSA) is 21.6 Å². The van der Waals surface area contributed by atoms with Crippen molar-refractivity contribution in [1.29, 1.82) is 0 Å². The van der Waals surface area contributed by atoms with Crippen molar-refractivity contribution >= 4 is 17.3 Å². The van der Waals surface area contributed by atoms with E-state index in [4.69, 9.17) is 16.4 Å². The average Bonchev–Trinajstić information content (AvgIpc) is 2.25. The first kappa shape index (κ1) is 11.1. The fraction of sp³-hybridized carbons (Fsp3) is 0.364. The lowest BCUT2D eigenvalue weighted by atomic mass is 10.1. The van der Waals surface area contributed by atoms with Gasteiger partial charge in [0.15, 0.2) is 0 Å². The van der Waals surface area contributed by atoms with E-state index in [1.165, 1.54) is 0 Å². The summed E-state index contributed by atoms with van der Waals surface area (Å²) in [5.74, 6) is 0.648. The van der Waals surface area contributed by atoms with Gasteiger partial charge in [-0.05, 0) is 18.4 Å². The number of rotatable bonds is 5. The molecule has 0 amide bonds. The molecule has 0 saturated heterocycles. The largest absolute Gasteiger partial charge is 0.399 e. The molecule has 0 N–H and O–H groups in total. The van der Waals surface area contributed by atoms with Crippen LogP contribution in [0, 0.1) is 0 Å². The van der Waals surface area contributed by atoms with Crippen molar-refractivity contribution < 1.29 is 4.84 Å². The highest BCUT2D eigenvalue weighted by Gasteiger charge is 2.02. The number of hydrogen-bond acceptors (Lipinski definition) is 2. The van der Waals surface area contributed by atoms with Crippen molar-refractivity contribution in [2.24, 2.45) is 5.16 Å². The van der Waals surface area contributed by atoms with Crippen LogP contribution in [0.15, 0.2) is 35.5 Å². The van der Waals surface area contributed by atoms with E-state index in [2.05, 4.69) is 5.16 Å². The van der Waals surface area contributed by atoms with E-state index in [9.17, 15) is 0 Å². The highest BCUT2D eigenvalue weighted by molar-refractivity contribution is 6.18. The Morgan fingerprint density at radius 3 is 2.64 bits per heavy atom. The Morgan fingerprint density at radius 2 is 2.07 bits per heavy atom. The monoisotopic (exact) mass is 211 g/mol. The third-order valence-corrected chi connectivity index (χ3v) is 2.12. The SMILES string of the molecule is CON=C(CCCCl)c1ccccc1. The molecule has 0 fully saturated rings. The van der Waals surface area contributed by atoms with Crippen molar-refractivity contribution in [2.75, 3.05) is 13.0 Å². The van der Waals surface area contributed by atoms with Crippen LogP contribution < -0.4 is 0 Å². The summed E-state index contributed by atoms with van der Waals surface area (Å²) in [5, 5.41) is 3.99. The molecular formula is C11H14ClNO. The Bertz CT molecular complexity index is 285. The molecule has 76 valence electrons. The summed E-state index contributed by atoms with van der Waals surface area (Å²) in [6.45, 7) is 0. The Hall–Kier alpha value is -1.02. The van der Waals surface area contributed by atoms with Crippen LogP contribution in [0.25, 0.3) is 0 Å².